The average molecular weight is 252 g/mol. The van der Waals surface area contributed by atoms with Crippen molar-refractivity contribution in [3.05, 3.63) is 5.69 Å². The molecule has 5 nitrogen and oxygen atoms in total. The molecule has 0 atom stereocenters. The Labute approximate surface area is 109 Å². The van der Waals surface area contributed by atoms with E-state index in [4.69, 9.17) is 10.5 Å². The first kappa shape index (κ1) is 13.2. The quantitative estimate of drug-likeness (QED) is 0.890. The molecule has 0 aliphatic carbocycles. The van der Waals surface area contributed by atoms with Crippen molar-refractivity contribution in [2.45, 2.75) is 38.7 Å². The summed E-state index contributed by atoms with van der Waals surface area (Å²) in [5, 5.41) is 4.54. The molecule has 1 saturated heterocycles. The molecule has 0 amide bonds. The van der Waals surface area contributed by atoms with E-state index < -0.39 is 0 Å². The fraction of sp³-hybridized carbons (Fsp3) is 0.769. The molecule has 18 heavy (non-hydrogen) atoms. The molecule has 0 radical (unpaired) electrons. The van der Waals surface area contributed by atoms with E-state index in [0.717, 1.165) is 43.1 Å². The number of hydrogen-bond donors (Lipinski definition) is 1. The first-order chi connectivity index (χ1) is 8.54. The van der Waals surface area contributed by atoms with Crippen molar-refractivity contribution < 1.29 is 4.74 Å². The minimum absolute atomic E-state index is 0.362. The highest BCUT2D eigenvalue weighted by molar-refractivity contribution is 5.67. The van der Waals surface area contributed by atoms with Crippen LogP contribution in [0, 0.1) is 0 Å². The molecule has 1 aliphatic heterocycles. The highest BCUT2D eigenvalue weighted by Crippen LogP contribution is 2.32. The van der Waals surface area contributed by atoms with Gasteiger partial charge in [0.15, 0.2) is 0 Å². The summed E-state index contributed by atoms with van der Waals surface area (Å²) in [6.07, 6.45) is 2.50. The Balaban J connectivity index is 2.19. The van der Waals surface area contributed by atoms with E-state index in [9.17, 15) is 0 Å². The predicted molar refractivity (Wildman–Crippen MR) is 74.0 cm³/mol. The summed E-state index contributed by atoms with van der Waals surface area (Å²) in [5.74, 6) is 1.43. The Morgan fingerprint density at radius 3 is 2.39 bits per heavy atom. The summed E-state index contributed by atoms with van der Waals surface area (Å²) in [6.45, 7) is 6.22. The van der Waals surface area contributed by atoms with Crippen molar-refractivity contribution in [2.75, 3.05) is 30.8 Å². The lowest BCUT2D eigenvalue weighted by atomic mass is 10.1. The van der Waals surface area contributed by atoms with E-state index in [-0.39, 0.29) is 0 Å². The number of nitrogens with two attached hydrogens (primary N) is 1. The number of anilines is 2. The topological polar surface area (TPSA) is 56.3 Å². The Morgan fingerprint density at radius 2 is 1.94 bits per heavy atom. The molecule has 1 aromatic heterocycles. The largest absolute Gasteiger partial charge is 0.394 e. The maximum Gasteiger partial charge on any atom is 0.150 e. The van der Waals surface area contributed by atoms with Gasteiger partial charge in [-0.25, -0.2) is 0 Å². The van der Waals surface area contributed by atoms with Gasteiger partial charge in [-0.3, -0.25) is 4.68 Å². The molecule has 0 bridgehead atoms. The van der Waals surface area contributed by atoms with Crippen LogP contribution in [0.5, 0.6) is 0 Å². The number of rotatable bonds is 3. The molecular formula is C13H24N4O. The number of hydrogen-bond acceptors (Lipinski definition) is 4. The summed E-state index contributed by atoms with van der Waals surface area (Å²) in [7, 11) is 3.76. The fourth-order valence-electron chi connectivity index (χ4n) is 2.66. The van der Waals surface area contributed by atoms with Crippen LogP contribution in [-0.2, 0) is 11.8 Å². The van der Waals surface area contributed by atoms with Gasteiger partial charge in [0.25, 0.3) is 0 Å². The van der Waals surface area contributed by atoms with Crippen molar-refractivity contribution in [1.82, 2.24) is 9.78 Å². The highest BCUT2D eigenvalue weighted by Gasteiger charge is 2.25. The van der Waals surface area contributed by atoms with Gasteiger partial charge in [0.1, 0.15) is 5.82 Å². The van der Waals surface area contributed by atoms with Crippen LogP contribution in [0.1, 0.15) is 38.3 Å². The number of ether oxygens (including phenoxy) is 1. The summed E-state index contributed by atoms with van der Waals surface area (Å²) >= 11 is 0. The summed E-state index contributed by atoms with van der Waals surface area (Å²) < 4.78 is 7.31. The van der Waals surface area contributed by atoms with Gasteiger partial charge in [0.05, 0.1) is 17.5 Å². The third kappa shape index (κ3) is 2.32. The molecule has 1 fully saturated rings. The molecule has 1 aromatic rings. The average Bonchev–Trinajstić information content (AvgIpc) is 2.65. The Morgan fingerprint density at radius 1 is 1.33 bits per heavy atom. The number of methoxy groups -OCH3 is 1. The van der Waals surface area contributed by atoms with Crippen LogP contribution in [0.3, 0.4) is 0 Å². The van der Waals surface area contributed by atoms with Crippen LogP contribution >= 0.6 is 0 Å². The molecule has 0 aromatic carbocycles. The van der Waals surface area contributed by atoms with Crippen molar-refractivity contribution in [1.29, 1.82) is 0 Å². The first-order valence-electron chi connectivity index (χ1n) is 6.64. The molecule has 0 unspecified atom stereocenters. The van der Waals surface area contributed by atoms with Crippen molar-refractivity contribution in [3.63, 3.8) is 0 Å². The zero-order valence-electron chi connectivity index (χ0n) is 11.8. The molecule has 102 valence electrons. The van der Waals surface area contributed by atoms with Crippen molar-refractivity contribution in [2.24, 2.45) is 7.05 Å². The molecule has 5 heteroatoms. The molecule has 0 saturated carbocycles. The van der Waals surface area contributed by atoms with Crippen LogP contribution in [0.2, 0.25) is 0 Å². The molecule has 0 spiro atoms. The number of nitrogen functional groups attached to an aromatic ring is 1. The zero-order valence-corrected chi connectivity index (χ0v) is 11.8. The lowest BCUT2D eigenvalue weighted by Gasteiger charge is -2.32. The highest BCUT2D eigenvalue weighted by atomic mass is 16.5. The van der Waals surface area contributed by atoms with Gasteiger partial charge in [-0.1, -0.05) is 13.8 Å². The van der Waals surface area contributed by atoms with Crippen LogP contribution in [0.15, 0.2) is 0 Å². The second-order valence-corrected chi connectivity index (χ2v) is 5.32. The number of aromatic nitrogens is 2. The van der Waals surface area contributed by atoms with E-state index in [1.54, 1.807) is 7.11 Å². The van der Waals surface area contributed by atoms with Gasteiger partial charge < -0.3 is 15.4 Å². The smallest absolute Gasteiger partial charge is 0.150 e. The van der Waals surface area contributed by atoms with Gasteiger partial charge in [-0.05, 0) is 18.8 Å². The first-order valence-corrected chi connectivity index (χ1v) is 6.64. The molecule has 1 aliphatic rings. The van der Waals surface area contributed by atoms with Crippen LogP contribution in [0.4, 0.5) is 11.5 Å². The number of piperidine rings is 1. The minimum atomic E-state index is 0.362. The number of aryl methyl sites for hydroxylation is 1. The SMILES string of the molecule is COC1CCN(c2c(N)c(C(C)C)nn2C)CC1. The van der Waals surface area contributed by atoms with E-state index in [1.165, 1.54) is 0 Å². The van der Waals surface area contributed by atoms with Crippen LogP contribution < -0.4 is 10.6 Å². The monoisotopic (exact) mass is 252 g/mol. The minimum Gasteiger partial charge on any atom is -0.394 e. The molecule has 2 heterocycles. The van der Waals surface area contributed by atoms with Crippen molar-refractivity contribution in [3.8, 4) is 0 Å². The van der Waals surface area contributed by atoms with Crippen LogP contribution in [0.25, 0.3) is 0 Å². The molecule has 2 N–H and O–H groups in total. The summed E-state index contributed by atoms with van der Waals surface area (Å²) in [4.78, 5) is 2.32. The van der Waals surface area contributed by atoms with E-state index in [2.05, 4.69) is 23.8 Å². The van der Waals surface area contributed by atoms with Crippen molar-refractivity contribution >= 4 is 11.5 Å². The third-order valence-corrected chi connectivity index (χ3v) is 3.70. The Hall–Kier alpha value is -1.23. The van der Waals surface area contributed by atoms with Gasteiger partial charge in [0, 0.05) is 27.2 Å². The van der Waals surface area contributed by atoms with Gasteiger partial charge in [-0.2, -0.15) is 5.10 Å². The van der Waals surface area contributed by atoms with E-state index >= 15 is 0 Å². The normalized spacial score (nSPS) is 17.7. The third-order valence-electron chi connectivity index (χ3n) is 3.70. The fourth-order valence-corrected chi connectivity index (χ4v) is 2.66. The lowest BCUT2D eigenvalue weighted by Crippen LogP contribution is -2.38. The van der Waals surface area contributed by atoms with Gasteiger partial charge in [0.2, 0.25) is 0 Å². The maximum atomic E-state index is 6.25. The van der Waals surface area contributed by atoms with Gasteiger partial charge in [-0.15, -0.1) is 0 Å². The summed E-state index contributed by atoms with van der Waals surface area (Å²) in [5.41, 5.74) is 8.08. The second kappa shape index (κ2) is 5.18. The maximum absolute atomic E-state index is 6.25. The molecular weight excluding hydrogens is 228 g/mol. The van der Waals surface area contributed by atoms with E-state index in [0.29, 0.717) is 12.0 Å². The number of nitrogens with zero attached hydrogens (tertiary/aromatic N) is 3. The molecule has 2 rings (SSSR count). The Bertz CT molecular complexity index is 405. The Kier molecular flexibility index (Phi) is 3.80. The van der Waals surface area contributed by atoms with E-state index in [1.807, 2.05) is 11.7 Å². The second-order valence-electron chi connectivity index (χ2n) is 5.32. The van der Waals surface area contributed by atoms with Crippen LogP contribution in [-0.4, -0.2) is 36.1 Å². The predicted octanol–water partition coefficient (Wildman–Crippen LogP) is 1.74. The zero-order chi connectivity index (χ0) is 13.3. The summed E-state index contributed by atoms with van der Waals surface area (Å²) in [6, 6.07) is 0. The lowest BCUT2D eigenvalue weighted by molar-refractivity contribution is 0.0817. The van der Waals surface area contributed by atoms with Gasteiger partial charge >= 0.3 is 0 Å². The standard InChI is InChI=1S/C13H24N4O/c1-9(2)12-11(14)13(16(3)15-12)17-7-5-10(18-4)6-8-17/h9-10H,5-8,14H2,1-4H3.